The Hall–Kier alpha value is -3.14. The highest BCUT2D eigenvalue weighted by molar-refractivity contribution is 7.92. The fourth-order valence-corrected chi connectivity index (χ4v) is 5.54. The molecule has 1 N–H and O–H groups in total. The predicted molar refractivity (Wildman–Crippen MR) is 156 cm³/mol. The molecule has 0 radical (unpaired) electrons. The van der Waals surface area contributed by atoms with E-state index in [1.54, 1.807) is 19.1 Å². The van der Waals surface area contributed by atoms with Crippen molar-refractivity contribution in [2.24, 2.45) is 0 Å². The largest absolute Gasteiger partial charge is 0.352 e. The van der Waals surface area contributed by atoms with Crippen LogP contribution in [0.25, 0.3) is 0 Å². The average Bonchev–Trinajstić information content (AvgIpc) is 2.92. The van der Waals surface area contributed by atoms with E-state index in [-0.39, 0.29) is 33.2 Å². The molecule has 0 saturated heterocycles. The summed E-state index contributed by atoms with van der Waals surface area (Å²) >= 11 is 12.3. The first-order valence-electron chi connectivity index (χ1n) is 12.7. The van der Waals surface area contributed by atoms with Crippen molar-refractivity contribution in [1.29, 1.82) is 0 Å². The van der Waals surface area contributed by atoms with Gasteiger partial charge in [-0.3, -0.25) is 13.9 Å². The summed E-state index contributed by atoms with van der Waals surface area (Å²) in [5, 5.41) is 3.19. The third-order valence-corrected chi connectivity index (χ3v) is 9.04. The number of carbonyl (C=O) groups excluding carboxylic acids is 2. The Morgan fingerprint density at radius 3 is 2.15 bits per heavy atom. The molecule has 0 aliphatic rings. The molecule has 7 nitrogen and oxygen atoms in total. The van der Waals surface area contributed by atoms with E-state index in [0.29, 0.717) is 12.0 Å². The standard InChI is InChI=1S/C29H32Cl2FN3O4S/c1-5-20(3)33-29(37)21(4)34(17-22-8-10-23(32)11-9-22)28(36)18-35(24-12-15-26(30)27(31)16-24)40(38,39)25-13-6-19(2)7-14-25/h6-16,20-21H,5,17-18H2,1-4H3,(H,33,37)/t20-,21+/m1/s1. The van der Waals surface area contributed by atoms with E-state index in [1.165, 1.54) is 59.5 Å². The molecule has 0 fully saturated rings. The summed E-state index contributed by atoms with van der Waals surface area (Å²) in [7, 11) is -4.24. The van der Waals surface area contributed by atoms with Crippen molar-refractivity contribution in [2.45, 2.75) is 57.6 Å². The van der Waals surface area contributed by atoms with Crippen molar-refractivity contribution in [3.63, 3.8) is 0 Å². The average molecular weight is 609 g/mol. The van der Waals surface area contributed by atoms with Crippen LogP contribution in [-0.2, 0) is 26.2 Å². The van der Waals surface area contributed by atoms with Crippen LogP contribution in [0.5, 0.6) is 0 Å². The van der Waals surface area contributed by atoms with Gasteiger partial charge >= 0.3 is 0 Å². The number of anilines is 1. The minimum absolute atomic E-state index is 0.0235. The molecule has 40 heavy (non-hydrogen) atoms. The predicted octanol–water partition coefficient (Wildman–Crippen LogP) is 5.97. The lowest BCUT2D eigenvalue weighted by molar-refractivity contribution is -0.139. The summed E-state index contributed by atoms with van der Waals surface area (Å²) in [6, 6.07) is 14.9. The Morgan fingerprint density at radius 1 is 0.950 bits per heavy atom. The van der Waals surface area contributed by atoms with Crippen molar-refractivity contribution in [1.82, 2.24) is 10.2 Å². The molecule has 0 heterocycles. The third kappa shape index (κ3) is 7.74. The van der Waals surface area contributed by atoms with Gasteiger partial charge in [0.2, 0.25) is 11.8 Å². The second kappa shape index (κ2) is 13.5. The quantitative estimate of drug-likeness (QED) is 0.291. The van der Waals surface area contributed by atoms with E-state index in [1.807, 2.05) is 20.8 Å². The molecule has 0 aliphatic heterocycles. The van der Waals surface area contributed by atoms with Gasteiger partial charge in [-0.1, -0.05) is 60.0 Å². The van der Waals surface area contributed by atoms with E-state index >= 15 is 0 Å². The monoisotopic (exact) mass is 607 g/mol. The lowest BCUT2D eigenvalue weighted by Gasteiger charge is -2.32. The Morgan fingerprint density at radius 2 is 1.57 bits per heavy atom. The molecule has 3 rings (SSSR count). The van der Waals surface area contributed by atoms with Crippen LogP contribution in [0.3, 0.4) is 0 Å². The number of carbonyl (C=O) groups is 2. The molecule has 0 saturated carbocycles. The molecule has 2 atom stereocenters. The number of sulfonamides is 1. The molecule has 11 heteroatoms. The van der Waals surface area contributed by atoms with Crippen molar-refractivity contribution in [3.8, 4) is 0 Å². The maximum atomic E-state index is 13.9. The highest BCUT2D eigenvalue weighted by atomic mass is 35.5. The fraction of sp³-hybridized carbons (Fsp3) is 0.310. The summed E-state index contributed by atoms with van der Waals surface area (Å²) in [5.74, 6) is -1.48. The summed E-state index contributed by atoms with van der Waals surface area (Å²) in [6.45, 7) is 6.48. The normalized spacial score (nSPS) is 12.9. The van der Waals surface area contributed by atoms with Gasteiger partial charge in [0.15, 0.2) is 0 Å². The number of rotatable bonds is 11. The van der Waals surface area contributed by atoms with Gasteiger partial charge in [-0.25, -0.2) is 12.8 Å². The highest BCUT2D eigenvalue weighted by Crippen LogP contribution is 2.31. The maximum absolute atomic E-state index is 13.9. The first-order chi connectivity index (χ1) is 18.8. The topological polar surface area (TPSA) is 86.8 Å². The number of hydrogen-bond donors (Lipinski definition) is 1. The first-order valence-corrected chi connectivity index (χ1v) is 14.9. The van der Waals surface area contributed by atoms with Crippen molar-refractivity contribution >= 4 is 50.7 Å². The van der Waals surface area contributed by atoms with Gasteiger partial charge in [0.25, 0.3) is 10.0 Å². The smallest absolute Gasteiger partial charge is 0.264 e. The Bertz CT molecular complexity index is 1450. The van der Waals surface area contributed by atoms with Crippen LogP contribution in [-0.4, -0.2) is 43.8 Å². The molecular formula is C29H32Cl2FN3O4S. The zero-order chi connectivity index (χ0) is 29.6. The van der Waals surface area contributed by atoms with Crippen LogP contribution in [0.15, 0.2) is 71.6 Å². The molecule has 0 unspecified atom stereocenters. The SMILES string of the molecule is CC[C@@H](C)NC(=O)[C@H](C)N(Cc1ccc(F)cc1)C(=O)CN(c1ccc(Cl)c(Cl)c1)S(=O)(=O)c1ccc(C)cc1. The highest BCUT2D eigenvalue weighted by Gasteiger charge is 2.33. The lowest BCUT2D eigenvalue weighted by Crippen LogP contribution is -2.52. The van der Waals surface area contributed by atoms with Crippen LogP contribution in [0.4, 0.5) is 10.1 Å². The summed E-state index contributed by atoms with van der Waals surface area (Å²) in [5.41, 5.74) is 1.56. The van der Waals surface area contributed by atoms with E-state index in [2.05, 4.69) is 5.32 Å². The number of benzene rings is 3. The van der Waals surface area contributed by atoms with E-state index in [9.17, 15) is 22.4 Å². The van der Waals surface area contributed by atoms with Crippen LogP contribution >= 0.6 is 23.2 Å². The second-order valence-electron chi connectivity index (χ2n) is 9.57. The number of halogens is 3. The summed E-state index contributed by atoms with van der Waals surface area (Å²) < 4.78 is 42.2. The van der Waals surface area contributed by atoms with Crippen molar-refractivity contribution in [3.05, 3.63) is 93.7 Å². The number of nitrogens with zero attached hydrogens (tertiary/aromatic N) is 2. The van der Waals surface area contributed by atoms with E-state index in [4.69, 9.17) is 23.2 Å². The second-order valence-corrected chi connectivity index (χ2v) is 12.2. The zero-order valence-corrected chi connectivity index (χ0v) is 25.0. The van der Waals surface area contributed by atoms with Crippen LogP contribution in [0.2, 0.25) is 10.0 Å². The molecule has 2 amide bonds. The van der Waals surface area contributed by atoms with Gasteiger partial charge in [-0.15, -0.1) is 0 Å². The van der Waals surface area contributed by atoms with Gasteiger partial charge < -0.3 is 10.2 Å². The first kappa shape index (κ1) is 31.4. The molecule has 0 bridgehead atoms. The summed E-state index contributed by atoms with van der Waals surface area (Å²) in [4.78, 5) is 28.2. The van der Waals surface area contributed by atoms with Crippen LogP contribution in [0, 0.1) is 12.7 Å². The van der Waals surface area contributed by atoms with Gasteiger partial charge in [0, 0.05) is 12.6 Å². The molecule has 0 aliphatic carbocycles. The molecule has 0 aromatic heterocycles. The van der Waals surface area contributed by atoms with E-state index in [0.717, 1.165) is 9.87 Å². The number of amides is 2. The Kier molecular flexibility index (Phi) is 10.6. The summed E-state index contributed by atoms with van der Waals surface area (Å²) in [6.07, 6.45) is 0.685. The maximum Gasteiger partial charge on any atom is 0.264 e. The minimum atomic E-state index is -4.24. The van der Waals surface area contributed by atoms with Gasteiger partial charge in [0.05, 0.1) is 20.6 Å². The molecule has 214 valence electrons. The van der Waals surface area contributed by atoms with Crippen LogP contribution < -0.4 is 9.62 Å². The minimum Gasteiger partial charge on any atom is -0.352 e. The number of aryl methyl sites for hydroxylation is 1. The van der Waals surface area contributed by atoms with Crippen molar-refractivity contribution in [2.75, 3.05) is 10.8 Å². The Labute approximate surface area is 244 Å². The molecule has 0 spiro atoms. The van der Waals surface area contributed by atoms with Crippen LogP contribution in [0.1, 0.15) is 38.3 Å². The molecule has 3 aromatic rings. The zero-order valence-electron chi connectivity index (χ0n) is 22.7. The number of nitrogens with one attached hydrogen (secondary N) is 1. The van der Waals surface area contributed by atoms with Gasteiger partial charge in [0.1, 0.15) is 18.4 Å². The lowest BCUT2D eigenvalue weighted by atomic mass is 10.1. The number of hydrogen-bond acceptors (Lipinski definition) is 4. The molecular weight excluding hydrogens is 576 g/mol. The van der Waals surface area contributed by atoms with E-state index < -0.39 is 40.2 Å². The van der Waals surface area contributed by atoms with Crippen molar-refractivity contribution < 1.29 is 22.4 Å². The van der Waals surface area contributed by atoms with Gasteiger partial charge in [-0.05, 0) is 75.2 Å². The van der Waals surface area contributed by atoms with Gasteiger partial charge in [-0.2, -0.15) is 0 Å². The fourth-order valence-electron chi connectivity index (χ4n) is 3.84. The third-order valence-electron chi connectivity index (χ3n) is 6.51. The molecule has 3 aromatic carbocycles. The Balaban J connectivity index is 2.04.